The van der Waals surface area contributed by atoms with Crippen molar-refractivity contribution in [1.29, 1.82) is 0 Å². The van der Waals surface area contributed by atoms with Crippen LogP contribution in [0.2, 0.25) is 0 Å². The minimum atomic E-state index is -0.782. The third-order valence-electron chi connectivity index (χ3n) is 2.77. The summed E-state index contributed by atoms with van der Waals surface area (Å²) in [6.45, 7) is 4.05. The van der Waals surface area contributed by atoms with E-state index < -0.39 is 5.97 Å². The van der Waals surface area contributed by atoms with Gasteiger partial charge in [-0.3, -0.25) is 4.79 Å². The van der Waals surface area contributed by atoms with Gasteiger partial charge in [-0.2, -0.15) is 0 Å². The molecule has 0 radical (unpaired) electrons. The van der Waals surface area contributed by atoms with Gasteiger partial charge in [-0.25, -0.2) is 0 Å². The molecule has 1 aliphatic heterocycles. The van der Waals surface area contributed by atoms with Gasteiger partial charge in [-0.05, 0) is 17.7 Å². The number of rotatable bonds is 3. The molecule has 0 aromatic heterocycles. The van der Waals surface area contributed by atoms with Crippen molar-refractivity contribution in [3.63, 3.8) is 0 Å². The van der Waals surface area contributed by atoms with Gasteiger partial charge in [0.15, 0.2) is 0 Å². The smallest absolute Gasteiger partial charge is 0.307 e. The van der Waals surface area contributed by atoms with Crippen LogP contribution in [0.4, 0.5) is 5.69 Å². The minimum Gasteiger partial charge on any atom is -0.481 e. The summed E-state index contributed by atoms with van der Waals surface area (Å²) in [5.41, 5.74) is 2.03. The van der Waals surface area contributed by atoms with Crippen molar-refractivity contribution in [2.45, 2.75) is 6.42 Å². The zero-order valence-corrected chi connectivity index (χ0v) is 10.4. The maximum atomic E-state index is 10.5. The molecule has 0 spiro atoms. The summed E-state index contributed by atoms with van der Waals surface area (Å²) in [6, 6.07) is 7.80. The van der Waals surface area contributed by atoms with Crippen molar-refractivity contribution in [2.24, 2.45) is 0 Å². The zero-order chi connectivity index (χ0) is 11.4. The molecular weight excluding hydrogens is 240 g/mol. The summed E-state index contributed by atoms with van der Waals surface area (Å²) in [5.74, 6) is -0.782. The van der Waals surface area contributed by atoms with E-state index in [4.69, 9.17) is 5.11 Å². The van der Waals surface area contributed by atoms with E-state index in [1.54, 1.807) is 0 Å². The van der Waals surface area contributed by atoms with Crippen molar-refractivity contribution >= 4 is 24.1 Å². The number of carbonyl (C=O) groups is 1. The fourth-order valence-corrected chi connectivity index (χ4v) is 1.92. The Kier molecular flexibility index (Phi) is 5.25. The van der Waals surface area contributed by atoms with E-state index >= 15 is 0 Å². The van der Waals surface area contributed by atoms with Gasteiger partial charge < -0.3 is 15.3 Å². The SMILES string of the molecule is Cl.O=C(O)Cc1ccc(N2CCNCC2)cc1. The fourth-order valence-electron chi connectivity index (χ4n) is 1.92. The van der Waals surface area contributed by atoms with Crippen LogP contribution in [0.3, 0.4) is 0 Å². The third kappa shape index (κ3) is 3.91. The molecule has 2 rings (SSSR count). The number of aliphatic carboxylic acids is 1. The quantitative estimate of drug-likeness (QED) is 0.852. The maximum Gasteiger partial charge on any atom is 0.307 e. The van der Waals surface area contributed by atoms with E-state index in [-0.39, 0.29) is 18.8 Å². The van der Waals surface area contributed by atoms with Gasteiger partial charge in [-0.1, -0.05) is 12.1 Å². The van der Waals surface area contributed by atoms with Gasteiger partial charge in [0.2, 0.25) is 0 Å². The second-order valence-electron chi connectivity index (χ2n) is 3.97. The van der Waals surface area contributed by atoms with E-state index in [0.29, 0.717) is 0 Å². The molecule has 0 bridgehead atoms. The largest absolute Gasteiger partial charge is 0.481 e. The molecule has 17 heavy (non-hydrogen) atoms. The number of anilines is 1. The molecule has 1 saturated heterocycles. The van der Waals surface area contributed by atoms with Crippen LogP contribution in [0.1, 0.15) is 5.56 Å². The summed E-state index contributed by atoms with van der Waals surface area (Å²) in [4.78, 5) is 12.8. The van der Waals surface area contributed by atoms with Crippen molar-refractivity contribution in [2.75, 3.05) is 31.1 Å². The number of hydrogen-bond acceptors (Lipinski definition) is 3. The van der Waals surface area contributed by atoms with E-state index in [1.807, 2.05) is 24.3 Å². The van der Waals surface area contributed by atoms with Crippen molar-refractivity contribution in [3.8, 4) is 0 Å². The molecule has 94 valence electrons. The average molecular weight is 257 g/mol. The number of carboxylic acid groups (broad SMARTS) is 1. The summed E-state index contributed by atoms with van der Waals surface area (Å²) < 4.78 is 0. The number of halogens is 1. The predicted molar refractivity (Wildman–Crippen MR) is 70.1 cm³/mol. The average Bonchev–Trinajstić information content (AvgIpc) is 2.30. The number of hydrogen-bond donors (Lipinski definition) is 2. The van der Waals surface area contributed by atoms with Gasteiger partial charge in [0.1, 0.15) is 0 Å². The molecule has 1 aromatic rings. The van der Waals surface area contributed by atoms with E-state index in [9.17, 15) is 4.79 Å². The Morgan fingerprint density at radius 2 is 1.82 bits per heavy atom. The fraction of sp³-hybridized carbons (Fsp3) is 0.417. The highest BCUT2D eigenvalue weighted by Gasteiger charge is 2.10. The maximum absolute atomic E-state index is 10.5. The lowest BCUT2D eigenvalue weighted by Gasteiger charge is -2.29. The van der Waals surface area contributed by atoms with Crippen molar-refractivity contribution in [1.82, 2.24) is 5.32 Å². The first kappa shape index (κ1) is 13.8. The van der Waals surface area contributed by atoms with Crippen LogP contribution in [-0.4, -0.2) is 37.3 Å². The van der Waals surface area contributed by atoms with Gasteiger partial charge in [-0.15, -0.1) is 12.4 Å². The van der Waals surface area contributed by atoms with Crippen LogP contribution in [-0.2, 0) is 11.2 Å². The van der Waals surface area contributed by atoms with Gasteiger partial charge in [0, 0.05) is 31.9 Å². The third-order valence-corrected chi connectivity index (χ3v) is 2.77. The Morgan fingerprint density at radius 1 is 1.24 bits per heavy atom. The van der Waals surface area contributed by atoms with Gasteiger partial charge >= 0.3 is 5.97 Å². The second kappa shape index (κ2) is 6.47. The Bertz CT molecular complexity index is 361. The molecule has 0 atom stereocenters. The topological polar surface area (TPSA) is 52.6 Å². The molecule has 1 heterocycles. The van der Waals surface area contributed by atoms with Crippen LogP contribution in [0, 0.1) is 0 Å². The number of nitrogens with one attached hydrogen (secondary N) is 1. The standard InChI is InChI=1S/C12H16N2O2.ClH/c15-12(16)9-10-1-3-11(4-2-10)14-7-5-13-6-8-14;/h1-4,13H,5-9H2,(H,15,16);1H. The lowest BCUT2D eigenvalue weighted by Crippen LogP contribution is -2.43. The molecule has 0 aliphatic carbocycles. The summed E-state index contributed by atoms with van der Waals surface area (Å²) >= 11 is 0. The number of carboxylic acids is 1. The monoisotopic (exact) mass is 256 g/mol. The minimum absolute atomic E-state index is 0. The van der Waals surface area contributed by atoms with Crippen LogP contribution >= 0.6 is 12.4 Å². The summed E-state index contributed by atoms with van der Waals surface area (Å²) in [5, 5.41) is 12.0. The van der Waals surface area contributed by atoms with Gasteiger partial charge in [0.25, 0.3) is 0 Å². The second-order valence-corrected chi connectivity index (χ2v) is 3.97. The van der Waals surface area contributed by atoms with Crippen molar-refractivity contribution in [3.05, 3.63) is 29.8 Å². The van der Waals surface area contributed by atoms with Crippen LogP contribution in [0.25, 0.3) is 0 Å². The number of piperazine rings is 1. The Morgan fingerprint density at radius 3 is 2.35 bits per heavy atom. The molecule has 1 aromatic carbocycles. The lowest BCUT2D eigenvalue weighted by molar-refractivity contribution is -0.136. The number of nitrogens with zero attached hydrogens (tertiary/aromatic N) is 1. The highest BCUT2D eigenvalue weighted by atomic mass is 35.5. The highest BCUT2D eigenvalue weighted by molar-refractivity contribution is 5.85. The molecule has 1 aliphatic rings. The summed E-state index contributed by atoms with van der Waals surface area (Å²) in [7, 11) is 0. The van der Waals surface area contributed by atoms with E-state index in [0.717, 1.165) is 31.7 Å². The van der Waals surface area contributed by atoms with Crippen LogP contribution < -0.4 is 10.2 Å². The summed E-state index contributed by atoms with van der Waals surface area (Å²) in [6.07, 6.45) is 0.0990. The first-order chi connectivity index (χ1) is 7.75. The number of benzene rings is 1. The molecule has 5 heteroatoms. The molecule has 4 nitrogen and oxygen atoms in total. The molecule has 2 N–H and O–H groups in total. The molecular formula is C12H17ClN2O2. The molecule has 0 amide bonds. The molecule has 1 fully saturated rings. The predicted octanol–water partition coefficient (Wildman–Crippen LogP) is 1.15. The van der Waals surface area contributed by atoms with Crippen molar-refractivity contribution < 1.29 is 9.90 Å². The normalized spacial score (nSPS) is 15.2. The van der Waals surface area contributed by atoms with Gasteiger partial charge in [0.05, 0.1) is 6.42 Å². The van der Waals surface area contributed by atoms with Crippen LogP contribution in [0.5, 0.6) is 0 Å². The first-order valence-corrected chi connectivity index (χ1v) is 5.52. The highest BCUT2D eigenvalue weighted by Crippen LogP contribution is 2.15. The molecule has 0 saturated carbocycles. The lowest BCUT2D eigenvalue weighted by atomic mass is 10.1. The first-order valence-electron chi connectivity index (χ1n) is 5.52. The van der Waals surface area contributed by atoms with Crippen LogP contribution in [0.15, 0.2) is 24.3 Å². The van der Waals surface area contributed by atoms with E-state index in [1.165, 1.54) is 5.69 Å². The molecule has 0 unspecified atom stereocenters. The Hall–Kier alpha value is -1.26. The zero-order valence-electron chi connectivity index (χ0n) is 9.56. The Balaban J connectivity index is 0.00000144. The Labute approximate surface area is 107 Å². The van der Waals surface area contributed by atoms with E-state index in [2.05, 4.69) is 10.2 Å².